The number of benzene rings is 3. The minimum atomic E-state index is -0.846. The van der Waals surface area contributed by atoms with E-state index in [0.29, 0.717) is 12.8 Å². The van der Waals surface area contributed by atoms with Gasteiger partial charge in [0.05, 0.1) is 0 Å². The number of nitrogens with two attached hydrogens (primary N) is 2. The Bertz CT molecular complexity index is 1310. The molecule has 0 unspecified atom stereocenters. The van der Waals surface area contributed by atoms with Crippen molar-refractivity contribution < 1.29 is 14.4 Å². The van der Waals surface area contributed by atoms with Gasteiger partial charge >= 0.3 is 0 Å². The number of hydrogen-bond acceptors (Lipinski definition) is 4. The molecule has 0 spiro atoms. The average Bonchev–Trinajstić information content (AvgIpc) is 2.90. The van der Waals surface area contributed by atoms with E-state index in [1.165, 1.54) is 15.9 Å². The smallest absolute Gasteiger partial charge is 0.246 e. The lowest BCUT2D eigenvalue weighted by atomic mass is 9.98. The molecule has 7 heteroatoms. The van der Waals surface area contributed by atoms with Gasteiger partial charge in [0.2, 0.25) is 17.7 Å². The molecule has 0 aliphatic carbocycles. The van der Waals surface area contributed by atoms with E-state index in [1.807, 2.05) is 93.6 Å². The Kier molecular flexibility index (Phi) is 10.0. The molecule has 0 bridgehead atoms. The lowest BCUT2D eigenvalue weighted by Gasteiger charge is -2.35. The molecule has 2 atom stereocenters. The number of amides is 3. The predicted octanol–water partition coefficient (Wildman–Crippen LogP) is 3.84. The molecule has 0 heterocycles. The van der Waals surface area contributed by atoms with Gasteiger partial charge in [-0.25, -0.2) is 0 Å². The summed E-state index contributed by atoms with van der Waals surface area (Å²) in [6.45, 7) is 5.85. The first kappa shape index (κ1) is 29.6. The maximum atomic E-state index is 14.1. The van der Waals surface area contributed by atoms with Crippen molar-refractivity contribution in [2.24, 2.45) is 11.5 Å². The van der Waals surface area contributed by atoms with E-state index < -0.39 is 23.5 Å². The zero-order valence-corrected chi connectivity index (χ0v) is 23.3. The highest BCUT2D eigenvalue weighted by Crippen LogP contribution is 2.20. The predicted molar refractivity (Wildman–Crippen MR) is 157 cm³/mol. The first-order chi connectivity index (χ1) is 18.5. The van der Waals surface area contributed by atoms with E-state index in [2.05, 4.69) is 0 Å². The summed E-state index contributed by atoms with van der Waals surface area (Å²) in [7, 11) is 1.62. The quantitative estimate of drug-likeness (QED) is 0.348. The first-order valence-corrected chi connectivity index (χ1v) is 13.3. The topological polar surface area (TPSA) is 110 Å². The van der Waals surface area contributed by atoms with E-state index in [4.69, 9.17) is 11.5 Å². The van der Waals surface area contributed by atoms with Crippen molar-refractivity contribution in [1.82, 2.24) is 9.80 Å². The van der Waals surface area contributed by atoms with Gasteiger partial charge in [0.25, 0.3) is 0 Å². The third-order valence-electron chi connectivity index (χ3n) is 6.85. The van der Waals surface area contributed by atoms with E-state index in [1.54, 1.807) is 13.1 Å². The molecule has 7 nitrogen and oxygen atoms in total. The van der Waals surface area contributed by atoms with Crippen LogP contribution in [0.5, 0.6) is 0 Å². The molecule has 0 aliphatic rings. The van der Waals surface area contributed by atoms with Crippen LogP contribution in [0.1, 0.15) is 38.3 Å². The summed E-state index contributed by atoms with van der Waals surface area (Å²) in [4.78, 5) is 42.9. The SMILES string of the molecule is CCN(C(=O)[C@@H](Cc1ccc2ccccc2c1)N(C)C(=O)/C=C/CC(C)(C)N)[C@H](Cc1ccccc1)C(N)=O. The van der Waals surface area contributed by atoms with E-state index >= 15 is 0 Å². The lowest BCUT2D eigenvalue weighted by Crippen LogP contribution is -2.56. The summed E-state index contributed by atoms with van der Waals surface area (Å²) in [5.74, 6) is -1.22. The average molecular weight is 529 g/mol. The maximum absolute atomic E-state index is 14.1. The molecular formula is C32H40N4O3. The molecule has 3 aromatic rings. The largest absolute Gasteiger partial charge is 0.368 e. The molecule has 206 valence electrons. The number of carbonyl (C=O) groups excluding carboxylic acids is 3. The molecule has 0 fully saturated rings. The molecule has 4 N–H and O–H groups in total. The maximum Gasteiger partial charge on any atom is 0.246 e. The van der Waals surface area contributed by atoms with Crippen molar-refractivity contribution in [3.8, 4) is 0 Å². The van der Waals surface area contributed by atoms with Crippen LogP contribution in [0, 0.1) is 0 Å². The van der Waals surface area contributed by atoms with Gasteiger partial charge < -0.3 is 21.3 Å². The highest BCUT2D eigenvalue weighted by molar-refractivity contribution is 5.95. The Morgan fingerprint density at radius 2 is 1.49 bits per heavy atom. The Morgan fingerprint density at radius 1 is 0.872 bits per heavy atom. The Labute approximate surface area is 231 Å². The Hall–Kier alpha value is -3.97. The first-order valence-electron chi connectivity index (χ1n) is 13.3. The number of likely N-dealkylation sites (N-methyl/N-ethyl adjacent to an activating group) is 2. The second-order valence-corrected chi connectivity index (χ2v) is 10.7. The van der Waals surface area contributed by atoms with Gasteiger partial charge in [0.15, 0.2) is 0 Å². The number of rotatable bonds is 12. The van der Waals surface area contributed by atoms with Crippen molar-refractivity contribution in [1.29, 1.82) is 0 Å². The highest BCUT2D eigenvalue weighted by atomic mass is 16.2. The standard InChI is InChI=1S/C32H40N4O3/c1-5-36(27(30(33)38)21-23-12-7-6-8-13-23)31(39)28(35(4)29(37)16-11-19-32(2,3)34)22-24-17-18-25-14-9-10-15-26(25)20-24/h6-18,20,27-28H,5,19,21-22,34H2,1-4H3,(H2,33,38)/b16-11+/t27-,28-/m1/s1. The summed E-state index contributed by atoms with van der Waals surface area (Å²) in [6.07, 6.45) is 4.28. The minimum Gasteiger partial charge on any atom is -0.368 e. The summed E-state index contributed by atoms with van der Waals surface area (Å²) >= 11 is 0. The summed E-state index contributed by atoms with van der Waals surface area (Å²) in [5, 5.41) is 2.14. The zero-order valence-electron chi connectivity index (χ0n) is 23.3. The highest BCUT2D eigenvalue weighted by Gasteiger charge is 2.35. The molecule has 0 saturated carbocycles. The molecule has 0 saturated heterocycles. The zero-order chi connectivity index (χ0) is 28.6. The fraction of sp³-hybridized carbons (Fsp3) is 0.344. The third-order valence-corrected chi connectivity index (χ3v) is 6.85. The summed E-state index contributed by atoms with van der Waals surface area (Å²) in [5.41, 5.74) is 13.2. The van der Waals surface area contributed by atoms with Crippen LogP contribution in [-0.2, 0) is 27.2 Å². The normalized spacial score (nSPS) is 13.3. The van der Waals surface area contributed by atoms with Crippen LogP contribution in [0.15, 0.2) is 84.9 Å². The van der Waals surface area contributed by atoms with Crippen molar-refractivity contribution in [3.05, 3.63) is 96.1 Å². The Balaban J connectivity index is 1.95. The van der Waals surface area contributed by atoms with Crippen LogP contribution < -0.4 is 11.5 Å². The summed E-state index contributed by atoms with van der Waals surface area (Å²) < 4.78 is 0. The van der Waals surface area contributed by atoms with E-state index in [0.717, 1.165) is 21.9 Å². The molecule has 39 heavy (non-hydrogen) atoms. The fourth-order valence-corrected chi connectivity index (χ4v) is 4.64. The van der Waals surface area contributed by atoms with E-state index in [-0.39, 0.29) is 24.8 Å². The Morgan fingerprint density at radius 3 is 2.10 bits per heavy atom. The molecule has 0 aliphatic heterocycles. The van der Waals surface area contributed by atoms with E-state index in [9.17, 15) is 14.4 Å². The van der Waals surface area contributed by atoms with Crippen LogP contribution in [0.3, 0.4) is 0 Å². The van der Waals surface area contributed by atoms with Crippen LogP contribution in [0.4, 0.5) is 0 Å². The number of nitrogens with zero attached hydrogens (tertiary/aromatic N) is 2. The second kappa shape index (κ2) is 13.2. The van der Waals surface area contributed by atoms with Crippen LogP contribution in [-0.4, -0.2) is 58.7 Å². The van der Waals surface area contributed by atoms with Crippen molar-refractivity contribution >= 4 is 28.5 Å². The van der Waals surface area contributed by atoms with Gasteiger partial charge in [-0.3, -0.25) is 14.4 Å². The molecular weight excluding hydrogens is 488 g/mol. The van der Waals surface area contributed by atoms with Gasteiger partial charge in [0.1, 0.15) is 12.1 Å². The van der Waals surface area contributed by atoms with Crippen LogP contribution in [0.2, 0.25) is 0 Å². The van der Waals surface area contributed by atoms with Crippen LogP contribution >= 0.6 is 0 Å². The van der Waals surface area contributed by atoms with Crippen molar-refractivity contribution in [2.45, 2.75) is 57.7 Å². The number of primary amides is 1. The molecule has 0 radical (unpaired) electrons. The van der Waals surface area contributed by atoms with Gasteiger partial charge in [0, 0.05) is 32.0 Å². The van der Waals surface area contributed by atoms with Crippen molar-refractivity contribution in [2.75, 3.05) is 13.6 Å². The second-order valence-electron chi connectivity index (χ2n) is 10.7. The molecule has 0 aromatic heterocycles. The third kappa shape index (κ3) is 8.26. The van der Waals surface area contributed by atoms with Gasteiger partial charge in [-0.1, -0.05) is 78.9 Å². The van der Waals surface area contributed by atoms with Gasteiger partial charge in [-0.05, 0) is 55.2 Å². The molecule has 3 aromatic carbocycles. The summed E-state index contributed by atoms with van der Waals surface area (Å²) in [6, 6.07) is 21.8. The molecule has 3 amide bonds. The number of carbonyl (C=O) groups is 3. The lowest BCUT2D eigenvalue weighted by molar-refractivity contribution is -0.146. The fourth-order valence-electron chi connectivity index (χ4n) is 4.64. The van der Waals surface area contributed by atoms with Crippen molar-refractivity contribution in [3.63, 3.8) is 0 Å². The monoisotopic (exact) mass is 528 g/mol. The van der Waals surface area contributed by atoms with Gasteiger partial charge in [-0.2, -0.15) is 0 Å². The number of hydrogen-bond donors (Lipinski definition) is 2. The molecule has 3 rings (SSSR count). The van der Waals surface area contributed by atoms with Gasteiger partial charge in [-0.15, -0.1) is 0 Å². The van der Waals surface area contributed by atoms with Crippen LogP contribution in [0.25, 0.3) is 10.8 Å². The number of fused-ring (bicyclic) bond motifs is 1. The minimum absolute atomic E-state index is 0.271.